The van der Waals surface area contributed by atoms with Crippen molar-refractivity contribution in [2.24, 2.45) is 5.92 Å². The van der Waals surface area contributed by atoms with Gasteiger partial charge < -0.3 is 5.32 Å². The molecule has 1 heterocycles. The molecule has 1 aromatic rings. The summed E-state index contributed by atoms with van der Waals surface area (Å²) in [6.45, 7) is 3.28. The Morgan fingerprint density at radius 3 is 2.81 bits per heavy atom. The zero-order valence-electron chi connectivity index (χ0n) is 9.84. The summed E-state index contributed by atoms with van der Waals surface area (Å²) in [4.78, 5) is 0. The van der Waals surface area contributed by atoms with Crippen LogP contribution >= 0.6 is 33.9 Å². The number of hydrogen-bond donors (Lipinski definition) is 1. The molecule has 0 bridgehead atoms. The molecule has 0 aliphatic heterocycles. The van der Waals surface area contributed by atoms with Crippen LogP contribution in [0.1, 0.15) is 50.6 Å². The van der Waals surface area contributed by atoms with E-state index in [0.29, 0.717) is 6.04 Å². The first-order valence-electron chi connectivity index (χ1n) is 6.27. The van der Waals surface area contributed by atoms with E-state index in [1.807, 2.05) is 11.3 Å². The fraction of sp³-hybridized carbons (Fsp3) is 0.692. The summed E-state index contributed by atoms with van der Waals surface area (Å²) >= 11 is 4.28. The van der Waals surface area contributed by atoms with Crippen LogP contribution in [0.15, 0.2) is 11.4 Å². The van der Waals surface area contributed by atoms with E-state index in [-0.39, 0.29) is 0 Å². The van der Waals surface area contributed by atoms with Crippen LogP contribution in [0.3, 0.4) is 0 Å². The molecule has 1 unspecified atom stereocenters. The predicted octanol–water partition coefficient (Wildman–Crippen LogP) is 4.58. The molecule has 1 aromatic heterocycles. The van der Waals surface area contributed by atoms with E-state index >= 15 is 0 Å². The summed E-state index contributed by atoms with van der Waals surface area (Å²) in [5.41, 5.74) is 1.50. The van der Waals surface area contributed by atoms with E-state index in [1.165, 1.54) is 40.6 Å². The monoisotopic (exact) mass is 349 g/mol. The highest BCUT2D eigenvalue weighted by Crippen LogP contribution is 2.34. The molecule has 1 aliphatic rings. The summed E-state index contributed by atoms with van der Waals surface area (Å²) in [7, 11) is 0. The molecule has 1 N–H and O–H groups in total. The molecule has 1 aliphatic carbocycles. The van der Waals surface area contributed by atoms with Gasteiger partial charge in [0, 0.05) is 6.04 Å². The maximum Gasteiger partial charge on any atom is 0.0656 e. The number of halogens is 1. The molecule has 1 saturated carbocycles. The molecule has 90 valence electrons. The molecule has 3 heteroatoms. The Morgan fingerprint density at radius 1 is 1.50 bits per heavy atom. The van der Waals surface area contributed by atoms with Gasteiger partial charge in [-0.15, -0.1) is 11.3 Å². The minimum atomic E-state index is 0.591. The molecular formula is C13H20INS. The number of thiophene rings is 1. The maximum atomic E-state index is 3.64. The summed E-state index contributed by atoms with van der Waals surface area (Å²) in [5.74, 6) is 0.960. The van der Waals surface area contributed by atoms with E-state index in [4.69, 9.17) is 0 Å². The average molecular weight is 349 g/mol. The van der Waals surface area contributed by atoms with Gasteiger partial charge in [-0.05, 0) is 58.5 Å². The Morgan fingerprint density at radius 2 is 2.25 bits per heavy atom. The zero-order chi connectivity index (χ0) is 11.4. The minimum Gasteiger partial charge on any atom is -0.310 e. The van der Waals surface area contributed by atoms with Crippen LogP contribution in [0.4, 0.5) is 0 Å². The van der Waals surface area contributed by atoms with Crippen molar-refractivity contribution in [1.82, 2.24) is 5.32 Å². The van der Waals surface area contributed by atoms with Crippen molar-refractivity contribution < 1.29 is 0 Å². The minimum absolute atomic E-state index is 0.591. The van der Waals surface area contributed by atoms with Crippen molar-refractivity contribution in [3.05, 3.63) is 19.9 Å². The first-order chi connectivity index (χ1) is 7.79. The molecule has 0 amide bonds. The number of rotatable bonds is 5. The first-order valence-corrected chi connectivity index (χ1v) is 8.22. The molecule has 0 aromatic carbocycles. The third-order valence-electron chi connectivity index (χ3n) is 3.48. The van der Waals surface area contributed by atoms with Crippen LogP contribution < -0.4 is 5.32 Å². The second kappa shape index (κ2) is 6.36. The molecule has 1 atom stereocenters. The predicted molar refractivity (Wildman–Crippen MR) is 80.0 cm³/mol. The van der Waals surface area contributed by atoms with Crippen LogP contribution in [0.5, 0.6) is 0 Å². The van der Waals surface area contributed by atoms with E-state index < -0.39 is 0 Å². The summed E-state index contributed by atoms with van der Waals surface area (Å²) < 4.78 is 1.40. The van der Waals surface area contributed by atoms with Crippen molar-refractivity contribution >= 4 is 33.9 Å². The second-order valence-corrected chi connectivity index (χ2v) is 7.49. The average Bonchev–Trinajstić information content (AvgIpc) is 2.88. The normalized spacial score (nSPS) is 19.1. The standard InChI is InChI=1S/C13H20INS/c1-2-15-12(7-10-5-3-4-6-10)11-8-13(14)16-9-11/h8-10,12,15H,2-7H2,1H3. The lowest BCUT2D eigenvalue weighted by molar-refractivity contribution is 0.401. The Labute approximate surface area is 116 Å². The number of nitrogens with one attached hydrogen (secondary N) is 1. The summed E-state index contributed by atoms with van der Waals surface area (Å²) in [5, 5.41) is 5.97. The van der Waals surface area contributed by atoms with Crippen LogP contribution in [-0.4, -0.2) is 6.54 Å². The van der Waals surface area contributed by atoms with Gasteiger partial charge in [0.1, 0.15) is 0 Å². The smallest absolute Gasteiger partial charge is 0.0656 e. The lowest BCUT2D eigenvalue weighted by Gasteiger charge is -2.20. The lowest BCUT2D eigenvalue weighted by atomic mass is 9.95. The van der Waals surface area contributed by atoms with Crippen molar-refractivity contribution in [2.75, 3.05) is 6.54 Å². The largest absolute Gasteiger partial charge is 0.310 e. The summed E-state index contributed by atoms with van der Waals surface area (Å²) in [6.07, 6.45) is 7.13. The molecule has 1 nitrogen and oxygen atoms in total. The Hall–Kier alpha value is 0.390. The first kappa shape index (κ1) is 12.8. The third kappa shape index (κ3) is 3.44. The zero-order valence-corrected chi connectivity index (χ0v) is 12.8. The SMILES string of the molecule is CCNC(CC1CCCC1)c1csc(I)c1. The van der Waals surface area contributed by atoms with Crippen molar-refractivity contribution in [3.63, 3.8) is 0 Å². The highest BCUT2D eigenvalue weighted by atomic mass is 127. The molecule has 16 heavy (non-hydrogen) atoms. The van der Waals surface area contributed by atoms with Gasteiger partial charge in [-0.2, -0.15) is 0 Å². The molecule has 0 saturated heterocycles. The van der Waals surface area contributed by atoms with Gasteiger partial charge in [-0.1, -0.05) is 32.6 Å². The van der Waals surface area contributed by atoms with Crippen molar-refractivity contribution in [2.45, 2.75) is 45.1 Å². The summed E-state index contributed by atoms with van der Waals surface area (Å²) in [6, 6.07) is 2.93. The van der Waals surface area contributed by atoms with Gasteiger partial charge in [0.05, 0.1) is 2.88 Å². The quantitative estimate of drug-likeness (QED) is 0.767. The van der Waals surface area contributed by atoms with E-state index in [2.05, 4.69) is 46.3 Å². The van der Waals surface area contributed by atoms with Gasteiger partial charge in [-0.25, -0.2) is 0 Å². The van der Waals surface area contributed by atoms with Gasteiger partial charge in [0.25, 0.3) is 0 Å². The Kier molecular flexibility index (Phi) is 5.10. The lowest BCUT2D eigenvalue weighted by Crippen LogP contribution is -2.22. The van der Waals surface area contributed by atoms with Crippen LogP contribution in [0.25, 0.3) is 0 Å². The molecule has 2 rings (SSSR count). The fourth-order valence-corrected chi connectivity index (χ4v) is 4.10. The maximum absolute atomic E-state index is 3.64. The van der Waals surface area contributed by atoms with Crippen LogP contribution in [0.2, 0.25) is 0 Å². The highest BCUT2D eigenvalue weighted by molar-refractivity contribution is 14.1. The molecule has 1 fully saturated rings. The van der Waals surface area contributed by atoms with Gasteiger partial charge in [-0.3, -0.25) is 0 Å². The molecular weight excluding hydrogens is 329 g/mol. The Balaban J connectivity index is 1.98. The highest BCUT2D eigenvalue weighted by Gasteiger charge is 2.21. The van der Waals surface area contributed by atoms with Crippen molar-refractivity contribution in [3.8, 4) is 0 Å². The van der Waals surface area contributed by atoms with E-state index in [1.54, 1.807) is 0 Å². The Bertz CT molecular complexity index is 317. The van der Waals surface area contributed by atoms with Crippen LogP contribution in [0, 0.1) is 8.80 Å². The van der Waals surface area contributed by atoms with E-state index in [0.717, 1.165) is 12.5 Å². The van der Waals surface area contributed by atoms with Crippen molar-refractivity contribution in [1.29, 1.82) is 0 Å². The number of hydrogen-bond acceptors (Lipinski definition) is 2. The molecule has 0 spiro atoms. The van der Waals surface area contributed by atoms with Crippen LogP contribution in [-0.2, 0) is 0 Å². The van der Waals surface area contributed by atoms with E-state index in [9.17, 15) is 0 Å². The topological polar surface area (TPSA) is 12.0 Å². The fourth-order valence-electron chi connectivity index (χ4n) is 2.67. The van der Waals surface area contributed by atoms with Gasteiger partial charge >= 0.3 is 0 Å². The van der Waals surface area contributed by atoms with Gasteiger partial charge in [0.15, 0.2) is 0 Å². The molecule has 0 radical (unpaired) electrons. The second-order valence-electron chi connectivity index (χ2n) is 4.68. The third-order valence-corrected chi connectivity index (χ3v) is 5.29. The van der Waals surface area contributed by atoms with Gasteiger partial charge in [0.2, 0.25) is 0 Å².